The van der Waals surface area contributed by atoms with Crippen LogP contribution in [0.1, 0.15) is 77.0 Å². The maximum Gasteiger partial charge on any atom is 0.303 e. The molecule has 4 saturated carbocycles. The van der Waals surface area contributed by atoms with Gasteiger partial charge < -0.3 is 24.8 Å². The van der Waals surface area contributed by atoms with Crippen molar-refractivity contribution in [2.24, 2.45) is 45.3 Å². The second-order valence-corrected chi connectivity index (χ2v) is 13.4. The van der Waals surface area contributed by atoms with Crippen molar-refractivity contribution in [3.8, 4) is 0 Å². The van der Waals surface area contributed by atoms with Crippen molar-refractivity contribution in [1.29, 1.82) is 0 Å². The summed E-state index contributed by atoms with van der Waals surface area (Å²) in [6.45, 7) is 12.9. The van der Waals surface area contributed by atoms with Crippen molar-refractivity contribution in [2.75, 3.05) is 6.61 Å². The van der Waals surface area contributed by atoms with Crippen LogP contribution in [0, 0.1) is 52.3 Å². The molecule has 10 atom stereocenters. The van der Waals surface area contributed by atoms with Gasteiger partial charge in [-0.1, -0.05) is 27.4 Å². The van der Waals surface area contributed by atoms with E-state index in [1.165, 1.54) is 0 Å². The molecule has 1 heterocycles. The molecule has 0 amide bonds. The summed E-state index contributed by atoms with van der Waals surface area (Å²) in [4.78, 5) is 11.6. The van der Waals surface area contributed by atoms with Crippen LogP contribution in [-0.2, 0) is 11.2 Å². The summed E-state index contributed by atoms with van der Waals surface area (Å²) in [5.41, 5.74) is 0.867. The normalized spacial score (nSPS) is 45.9. The standard InChI is InChI=1S/C30H44O6/c1-17-12-20(36-15-17)13-18(2)21-6-8-28(5)26-25(35)24(34)23(19(3)14-31)29(9-7-22(32)33)16-30(26,29)11-10-27(21,28)4/h12,15,18,21,23-26,31,34-35H,3,6-11,13-14,16H2,1-2,4-5H3,(H,32,33)/t18-,21-,23-,24?,25?,26+,27-,28+,29-,30+/m1/s1. The predicted molar refractivity (Wildman–Crippen MR) is 136 cm³/mol. The minimum atomic E-state index is -1.04. The molecule has 0 radical (unpaired) electrons. The highest BCUT2D eigenvalue weighted by molar-refractivity contribution is 5.67. The topological polar surface area (TPSA) is 111 Å². The Balaban J connectivity index is 1.50. The lowest BCUT2D eigenvalue weighted by atomic mass is 9.42. The Morgan fingerprint density at radius 3 is 2.53 bits per heavy atom. The molecule has 36 heavy (non-hydrogen) atoms. The molecule has 2 unspecified atom stereocenters. The Labute approximate surface area is 214 Å². The molecular weight excluding hydrogens is 456 g/mol. The zero-order valence-corrected chi connectivity index (χ0v) is 22.3. The predicted octanol–water partition coefficient (Wildman–Crippen LogP) is 4.74. The minimum absolute atomic E-state index is 0.00657. The molecule has 4 aliphatic carbocycles. The fourth-order valence-electron chi connectivity index (χ4n) is 10.4. The molecule has 1 aromatic rings. The van der Waals surface area contributed by atoms with Gasteiger partial charge in [0.2, 0.25) is 0 Å². The number of carboxylic acids is 1. The van der Waals surface area contributed by atoms with Gasteiger partial charge in [0.25, 0.3) is 0 Å². The molecule has 4 N–H and O–H groups in total. The maximum absolute atomic E-state index is 11.8. The van der Waals surface area contributed by atoms with Crippen molar-refractivity contribution in [3.05, 3.63) is 35.8 Å². The van der Waals surface area contributed by atoms with E-state index in [4.69, 9.17) is 4.42 Å². The number of aliphatic hydroxyl groups is 3. The van der Waals surface area contributed by atoms with E-state index in [1.807, 2.05) is 13.2 Å². The van der Waals surface area contributed by atoms with Gasteiger partial charge in [-0.25, -0.2) is 0 Å². The third-order valence-corrected chi connectivity index (χ3v) is 12.0. The Kier molecular flexibility index (Phi) is 6.09. The molecule has 0 bridgehead atoms. The van der Waals surface area contributed by atoms with Crippen LogP contribution in [-0.4, -0.2) is 45.2 Å². The summed E-state index contributed by atoms with van der Waals surface area (Å²) in [5.74, 6) is 0.522. The number of carboxylic acid groups (broad SMARTS) is 1. The summed E-state index contributed by atoms with van der Waals surface area (Å²) in [5, 5.41) is 42.8. The SMILES string of the molecule is C=C(CO)[C@@H]1C(O)C(O)[C@@H]2[C@]3(CC[C@]4(C)[C@@H]([C@H](C)Cc5cc(C)co5)CC[C@@]24C)C[C@]13CCC(=O)O. The third kappa shape index (κ3) is 3.29. The minimum Gasteiger partial charge on any atom is -0.481 e. The number of aliphatic hydroxyl groups excluding tert-OH is 3. The molecule has 6 heteroatoms. The summed E-state index contributed by atoms with van der Waals surface area (Å²) in [6, 6.07) is 2.12. The molecule has 5 rings (SSSR count). The molecular formula is C30H44O6. The van der Waals surface area contributed by atoms with E-state index < -0.39 is 29.5 Å². The van der Waals surface area contributed by atoms with Crippen LogP contribution in [0.2, 0.25) is 0 Å². The van der Waals surface area contributed by atoms with Crippen molar-refractivity contribution in [3.63, 3.8) is 0 Å². The molecule has 0 aliphatic heterocycles. The Morgan fingerprint density at radius 2 is 1.92 bits per heavy atom. The van der Waals surface area contributed by atoms with Gasteiger partial charge in [0.15, 0.2) is 0 Å². The summed E-state index contributed by atoms with van der Waals surface area (Å²) in [7, 11) is 0. The lowest BCUT2D eigenvalue weighted by Gasteiger charge is -2.63. The highest BCUT2D eigenvalue weighted by Gasteiger charge is 2.83. The average Bonchev–Trinajstić information content (AvgIpc) is 3.11. The van der Waals surface area contributed by atoms with Crippen LogP contribution in [0.15, 0.2) is 28.9 Å². The molecule has 200 valence electrons. The molecule has 6 nitrogen and oxygen atoms in total. The van der Waals surface area contributed by atoms with Crippen molar-refractivity contribution >= 4 is 5.97 Å². The first kappa shape index (κ1) is 26.0. The number of aryl methyl sites for hydroxylation is 1. The molecule has 4 aliphatic rings. The second-order valence-electron chi connectivity index (χ2n) is 13.4. The van der Waals surface area contributed by atoms with Crippen molar-refractivity contribution in [2.45, 2.75) is 91.3 Å². The number of aliphatic carboxylic acids is 1. The Morgan fingerprint density at radius 1 is 1.19 bits per heavy atom. The first-order chi connectivity index (χ1) is 16.9. The Hall–Kier alpha value is -1.63. The molecule has 1 aromatic heterocycles. The Bertz CT molecular complexity index is 1050. The largest absolute Gasteiger partial charge is 0.481 e. The third-order valence-electron chi connectivity index (χ3n) is 12.0. The number of fused-ring (bicyclic) bond motifs is 2. The van der Waals surface area contributed by atoms with Crippen LogP contribution < -0.4 is 0 Å². The van der Waals surface area contributed by atoms with E-state index in [0.717, 1.165) is 49.8 Å². The zero-order valence-electron chi connectivity index (χ0n) is 22.3. The summed E-state index contributed by atoms with van der Waals surface area (Å²) in [6.07, 6.45) is 6.07. The number of carbonyl (C=O) groups is 1. The van der Waals surface area contributed by atoms with E-state index in [0.29, 0.717) is 23.8 Å². The van der Waals surface area contributed by atoms with Gasteiger partial charge in [-0.05, 0) is 102 Å². The number of furan rings is 1. The van der Waals surface area contributed by atoms with Crippen LogP contribution >= 0.6 is 0 Å². The zero-order chi connectivity index (χ0) is 26.3. The number of hydrogen-bond donors (Lipinski definition) is 4. The van der Waals surface area contributed by atoms with Crippen LogP contribution in [0.5, 0.6) is 0 Å². The van der Waals surface area contributed by atoms with Crippen LogP contribution in [0.4, 0.5) is 0 Å². The first-order valence-corrected chi connectivity index (χ1v) is 13.8. The first-order valence-electron chi connectivity index (χ1n) is 13.8. The maximum atomic E-state index is 11.8. The fourth-order valence-corrected chi connectivity index (χ4v) is 10.4. The second kappa shape index (κ2) is 8.44. The lowest BCUT2D eigenvalue weighted by Crippen LogP contribution is -2.63. The summed E-state index contributed by atoms with van der Waals surface area (Å²) < 4.78 is 5.78. The fraction of sp³-hybridized carbons (Fsp3) is 0.767. The van der Waals surface area contributed by atoms with Gasteiger partial charge in [0.05, 0.1) is 25.1 Å². The average molecular weight is 501 g/mol. The van der Waals surface area contributed by atoms with E-state index in [1.54, 1.807) is 0 Å². The van der Waals surface area contributed by atoms with Gasteiger partial charge in [-0.3, -0.25) is 4.79 Å². The van der Waals surface area contributed by atoms with Gasteiger partial charge >= 0.3 is 5.97 Å². The van der Waals surface area contributed by atoms with Crippen LogP contribution in [0.25, 0.3) is 0 Å². The van der Waals surface area contributed by atoms with E-state index in [9.17, 15) is 25.2 Å². The van der Waals surface area contributed by atoms with E-state index in [-0.39, 0.29) is 35.2 Å². The lowest BCUT2D eigenvalue weighted by molar-refractivity contribution is -0.205. The molecule has 0 saturated heterocycles. The smallest absolute Gasteiger partial charge is 0.303 e. The monoisotopic (exact) mass is 500 g/mol. The quantitative estimate of drug-likeness (QED) is 0.384. The van der Waals surface area contributed by atoms with Gasteiger partial charge in [0, 0.05) is 18.8 Å². The molecule has 4 fully saturated rings. The van der Waals surface area contributed by atoms with Gasteiger partial charge in [-0.2, -0.15) is 0 Å². The van der Waals surface area contributed by atoms with Crippen molar-refractivity contribution < 1.29 is 29.6 Å². The van der Waals surface area contributed by atoms with E-state index in [2.05, 4.69) is 33.4 Å². The summed E-state index contributed by atoms with van der Waals surface area (Å²) >= 11 is 0. The number of rotatable bonds is 8. The number of hydrogen-bond acceptors (Lipinski definition) is 5. The van der Waals surface area contributed by atoms with Gasteiger partial charge in [0.1, 0.15) is 5.76 Å². The molecule has 1 spiro atoms. The van der Waals surface area contributed by atoms with E-state index >= 15 is 0 Å². The van der Waals surface area contributed by atoms with Gasteiger partial charge in [-0.15, -0.1) is 0 Å². The highest BCUT2D eigenvalue weighted by Crippen LogP contribution is 2.87. The highest BCUT2D eigenvalue weighted by atomic mass is 16.4. The van der Waals surface area contributed by atoms with Crippen molar-refractivity contribution in [1.82, 2.24) is 0 Å². The van der Waals surface area contributed by atoms with Crippen LogP contribution in [0.3, 0.4) is 0 Å². The molecule has 0 aromatic carbocycles.